The van der Waals surface area contributed by atoms with Crippen molar-refractivity contribution in [1.29, 1.82) is 0 Å². The Kier molecular flexibility index (Phi) is 3.81. The Morgan fingerprint density at radius 2 is 2.12 bits per heavy atom. The summed E-state index contributed by atoms with van der Waals surface area (Å²) in [5, 5.41) is 13.2. The molecule has 3 fully saturated rings. The minimum absolute atomic E-state index is 0.111. The number of anilines is 1. The molecule has 3 aliphatic rings. The average molecular weight is 356 g/mol. The molecule has 2 aromatic heterocycles. The third-order valence-electron chi connectivity index (χ3n) is 5.77. The number of fused-ring (bicyclic) bond motifs is 1. The number of rotatable bonds is 5. The maximum atomic E-state index is 12.4. The van der Waals surface area contributed by atoms with Crippen molar-refractivity contribution in [2.45, 2.75) is 50.2 Å². The van der Waals surface area contributed by atoms with Crippen molar-refractivity contribution in [3.8, 4) is 0 Å². The second kappa shape index (κ2) is 6.19. The van der Waals surface area contributed by atoms with E-state index in [1.165, 1.54) is 12.8 Å². The van der Waals surface area contributed by atoms with E-state index in [4.69, 9.17) is 9.84 Å². The number of aromatic nitrogens is 4. The van der Waals surface area contributed by atoms with Crippen molar-refractivity contribution in [1.82, 2.24) is 24.7 Å². The second-order valence-corrected chi connectivity index (χ2v) is 7.70. The fraction of sp³-hybridized carbons (Fsp3) is 0.667. The summed E-state index contributed by atoms with van der Waals surface area (Å²) in [4.78, 5) is 16.5. The molecule has 1 unspecified atom stereocenters. The van der Waals surface area contributed by atoms with Gasteiger partial charge in [-0.05, 0) is 37.8 Å². The van der Waals surface area contributed by atoms with Gasteiger partial charge < -0.3 is 14.5 Å². The number of ether oxygens (including phenoxy) is 1. The topological polar surface area (TPSA) is 75.9 Å². The summed E-state index contributed by atoms with van der Waals surface area (Å²) in [6.45, 7) is 2.42. The molecule has 26 heavy (non-hydrogen) atoms. The Morgan fingerprint density at radius 1 is 1.27 bits per heavy atom. The molecule has 1 saturated carbocycles. The van der Waals surface area contributed by atoms with E-state index in [0.717, 1.165) is 49.8 Å². The van der Waals surface area contributed by atoms with Crippen LogP contribution in [-0.2, 0) is 9.53 Å². The highest BCUT2D eigenvalue weighted by Crippen LogP contribution is 2.38. The smallest absolute Gasteiger partial charge is 0.225 e. The molecule has 0 radical (unpaired) electrons. The Balaban J connectivity index is 1.22. The van der Waals surface area contributed by atoms with Crippen LogP contribution in [0, 0.1) is 0 Å². The summed E-state index contributed by atoms with van der Waals surface area (Å²) < 4.78 is 7.46. The highest BCUT2D eigenvalue weighted by atomic mass is 16.5. The average Bonchev–Trinajstić information content (AvgIpc) is 3.15. The number of carbonyl (C=O) groups is 1. The molecule has 2 saturated heterocycles. The first kappa shape index (κ1) is 16.0. The molecule has 0 bridgehead atoms. The number of hydrogen-bond donors (Lipinski definition) is 0. The van der Waals surface area contributed by atoms with Crippen LogP contribution in [0.15, 0.2) is 12.1 Å². The predicted molar refractivity (Wildman–Crippen MR) is 95.1 cm³/mol. The van der Waals surface area contributed by atoms with E-state index >= 15 is 0 Å². The molecular formula is C18H24N6O2. The van der Waals surface area contributed by atoms with Crippen molar-refractivity contribution >= 4 is 17.4 Å². The molecule has 5 rings (SSSR count). The number of hydrogen-bond acceptors (Lipinski definition) is 6. The molecule has 0 aromatic carbocycles. The highest BCUT2D eigenvalue weighted by Gasteiger charge is 2.35. The molecule has 2 aliphatic heterocycles. The molecule has 138 valence electrons. The summed E-state index contributed by atoms with van der Waals surface area (Å²) in [6, 6.07) is 4.21. The van der Waals surface area contributed by atoms with Gasteiger partial charge in [-0.1, -0.05) is 0 Å². The molecule has 2 aromatic rings. The fourth-order valence-corrected chi connectivity index (χ4v) is 3.80. The van der Waals surface area contributed by atoms with Gasteiger partial charge in [-0.3, -0.25) is 4.79 Å². The number of carbonyl (C=O) groups excluding carboxylic acids is 1. The third kappa shape index (κ3) is 2.82. The quantitative estimate of drug-likeness (QED) is 0.802. The van der Waals surface area contributed by atoms with Gasteiger partial charge in [0.2, 0.25) is 5.91 Å². The normalized spacial score (nSPS) is 23.4. The maximum absolute atomic E-state index is 12.4. The summed E-state index contributed by atoms with van der Waals surface area (Å²) in [5.41, 5.74) is 0.802. The first-order valence-corrected chi connectivity index (χ1v) is 9.53. The lowest BCUT2D eigenvalue weighted by molar-refractivity contribution is -0.134. The maximum Gasteiger partial charge on any atom is 0.225 e. The lowest BCUT2D eigenvalue weighted by Gasteiger charge is -2.44. The van der Waals surface area contributed by atoms with Gasteiger partial charge in [0.25, 0.3) is 0 Å². The molecule has 1 aliphatic carbocycles. The minimum Gasteiger partial charge on any atom is -0.378 e. The van der Waals surface area contributed by atoms with Gasteiger partial charge in [0, 0.05) is 32.7 Å². The van der Waals surface area contributed by atoms with E-state index in [-0.39, 0.29) is 18.1 Å². The molecule has 1 atom stereocenters. The van der Waals surface area contributed by atoms with Gasteiger partial charge >= 0.3 is 0 Å². The van der Waals surface area contributed by atoms with Crippen molar-refractivity contribution < 1.29 is 9.53 Å². The van der Waals surface area contributed by atoms with Crippen LogP contribution in [0.25, 0.3) is 5.65 Å². The van der Waals surface area contributed by atoms with Crippen LogP contribution in [-0.4, -0.2) is 69.5 Å². The zero-order valence-electron chi connectivity index (χ0n) is 15.0. The lowest BCUT2D eigenvalue weighted by atomic mass is 10.1. The summed E-state index contributed by atoms with van der Waals surface area (Å²) >= 11 is 0. The van der Waals surface area contributed by atoms with E-state index in [2.05, 4.69) is 15.1 Å². The van der Waals surface area contributed by atoms with Gasteiger partial charge in [0.1, 0.15) is 5.82 Å². The number of likely N-dealkylation sites (N-methyl/N-ethyl adjacent to an activating group) is 1. The third-order valence-corrected chi connectivity index (χ3v) is 5.77. The van der Waals surface area contributed by atoms with Crippen molar-refractivity contribution in [2.24, 2.45) is 0 Å². The van der Waals surface area contributed by atoms with Crippen LogP contribution in [0.4, 0.5) is 5.82 Å². The summed E-state index contributed by atoms with van der Waals surface area (Å²) in [6.07, 6.45) is 5.04. The van der Waals surface area contributed by atoms with E-state index in [0.29, 0.717) is 12.3 Å². The van der Waals surface area contributed by atoms with Gasteiger partial charge in [0.15, 0.2) is 11.5 Å². The Labute approximate surface area is 152 Å². The monoisotopic (exact) mass is 356 g/mol. The summed E-state index contributed by atoms with van der Waals surface area (Å²) in [7, 11) is 1.90. The van der Waals surface area contributed by atoms with E-state index < -0.39 is 0 Å². The molecule has 1 amide bonds. The first-order valence-electron chi connectivity index (χ1n) is 9.53. The molecule has 4 heterocycles. The first-order chi connectivity index (χ1) is 12.7. The van der Waals surface area contributed by atoms with E-state index in [1.807, 2.05) is 28.6 Å². The van der Waals surface area contributed by atoms with Crippen LogP contribution in [0.2, 0.25) is 0 Å². The molecule has 8 nitrogen and oxygen atoms in total. The van der Waals surface area contributed by atoms with Crippen molar-refractivity contribution in [3.05, 3.63) is 18.0 Å². The van der Waals surface area contributed by atoms with E-state index in [1.54, 1.807) is 0 Å². The van der Waals surface area contributed by atoms with Crippen LogP contribution >= 0.6 is 0 Å². The molecular weight excluding hydrogens is 332 g/mol. The Morgan fingerprint density at radius 3 is 2.85 bits per heavy atom. The molecule has 0 spiro atoms. The minimum atomic E-state index is 0.111. The predicted octanol–water partition coefficient (Wildman–Crippen LogP) is 1.22. The van der Waals surface area contributed by atoms with Gasteiger partial charge in [0.05, 0.1) is 18.6 Å². The van der Waals surface area contributed by atoms with Crippen LogP contribution < -0.4 is 4.90 Å². The molecule has 8 heteroatoms. The van der Waals surface area contributed by atoms with Crippen LogP contribution in [0.5, 0.6) is 0 Å². The van der Waals surface area contributed by atoms with Crippen molar-refractivity contribution in [2.75, 3.05) is 31.6 Å². The Hall–Kier alpha value is -2.22. The highest BCUT2D eigenvalue weighted by molar-refractivity contribution is 5.77. The number of amides is 1. The standard InChI is InChI=1S/C18H24N6O2/c1-22(17(25)9-14-3-2-8-26-14)13-10-23(11-13)16-7-6-15-19-20-18(12-4-5-12)24(15)21-16/h6-7,12-14H,2-5,8-11H2,1H3. The molecule has 0 N–H and O–H groups in total. The second-order valence-electron chi connectivity index (χ2n) is 7.70. The van der Waals surface area contributed by atoms with Gasteiger partial charge in [-0.15, -0.1) is 15.3 Å². The van der Waals surface area contributed by atoms with Gasteiger partial charge in [-0.2, -0.15) is 4.52 Å². The van der Waals surface area contributed by atoms with Crippen LogP contribution in [0.1, 0.15) is 43.8 Å². The lowest BCUT2D eigenvalue weighted by Crippen LogP contribution is -2.60. The van der Waals surface area contributed by atoms with Gasteiger partial charge in [-0.25, -0.2) is 0 Å². The zero-order valence-corrected chi connectivity index (χ0v) is 15.0. The van der Waals surface area contributed by atoms with Crippen molar-refractivity contribution in [3.63, 3.8) is 0 Å². The largest absolute Gasteiger partial charge is 0.378 e. The number of nitrogens with zero attached hydrogens (tertiary/aromatic N) is 6. The SMILES string of the molecule is CN(C(=O)CC1CCCO1)C1CN(c2ccc3nnc(C4CC4)n3n2)C1. The Bertz CT molecular complexity index is 820. The van der Waals surface area contributed by atoms with Crippen LogP contribution in [0.3, 0.4) is 0 Å². The van der Waals surface area contributed by atoms with E-state index in [9.17, 15) is 4.79 Å². The zero-order chi connectivity index (χ0) is 17.7. The summed E-state index contributed by atoms with van der Waals surface area (Å²) in [5.74, 6) is 2.59. The fourth-order valence-electron chi connectivity index (χ4n) is 3.80.